The van der Waals surface area contributed by atoms with Crippen LogP contribution >= 0.6 is 8.19 Å². The number of hydrogen-bond acceptors (Lipinski definition) is 2. The molecule has 2 unspecified atom stereocenters. The van der Waals surface area contributed by atoms with E-state index >= 15 is 0 Å². The van der Waals surface area contributed by atoms with E-state index in [0.29, 0.717) is 0 Å². The summed E-state index contributed by atoms with van der Waals surface area (Å²) in [7, 11) is 2.46. The second-order valence-corrected chi connectivity index (χ2v) is 8.64. The van der Waals surface area contributed by atoms with Crippen molar-refractivity contribution in [2.45, 2.75) is 18.1 Å². The monoisotopic (exact) mass is 336 g/mol. The minimum atomic E-state index is -0.0336. The van der Waals surface area contributed by atoms with Gasteiger partial charge in [-0.1, -0.05) is 0 Å². The average Bonchev–Trinajstić information content (AvgIpc) is 3.10. The van der Waals surface area contributed by atoms with E-state index in [-0.39, 0.29) is 19.2 Å². The molecule has 21 heavy (non-hydrogen) atoms. The number of benzene rings is 1. The first-order valence-electron chi connectivity index (χ1n) is 6.75. The average molecular weight is 336 g/mol. The van der Waals surface area contributed by atoms with E-state index in [1.807, 2.05) is 0 Å². The molecule has 1 aromatic carbocycles. The molecule has 0 saturated carbocycles. The number of hydrogen-bond donors (Lipinski definition) is 0. The van der Waals surface area contributed by atoms with Crippen molar-refractivity contribution in [1.82, 2.24) is 0 Å². The Balaban J connectivity index is 0.000000510. The molecule has 1 aliphatic rings. The zero-order chi connectivity index (χ0) is 15.8. The summed E-state index contributed by atoms with van der Waals surface area (Å²) in [6, 6.07) is 8.85. The first kappa shape index (κ1) is 18.4. The third-order valence-electron chi connectivity index (χ3n) is 3.50. The number of allylic oxidation sites excluding steroid dienone is 1. The van der Waals surface area contributed by atoms with Crippen LogP contribution < -0.4 is 13.8 Å². The zero-order valence-electron chi connectivity index (χ0n) is 12.9. The minimum absolute atomic E-state index is 0.0336. The molecule has 4 heteroatoms. The fourth-order valence-electron chi connectivity index (χ4n) is 2.27. The van der Waals surface area contributed by atoms with E-state index in [1.54, 1.807) is 14.7 Å². The molecule has 0 fully saturated rings. The molecule has 0 N–H and O–H groups in total. The second-order valence-electron chi connectivity index (χ2n) is 4.58. The Kier molecular flexibility index (Phi) is 8.25. The van der Waals surface area contributed by atoms with Crippen LogP contribution in [0.4, 0.5) is 0 Å². The zero-order valence-corrected chi connectivity index (χ0v) is 15.5. The molecule has 0 spiro atoms. The fourth-order valence-corrected chi connectivity index (χ4v) is 6.80. The van der Waals surface area contributed by atoms with Gasteiger partial charge in [-0.3, -0.25) is 0 Å². The van der Waals surface area contributed by atoms with Gasteiger partial charge in [0.1, 0.15) is 0 Å². The van der Waals surface area contributed by atoms with Crippen LogP contribution in [0.5, 0.6) is 0 Å². The van der Waals surface area contributed by atoms with Crippen LogP contribution in [0.2, 0.25) is 0 Å². The molecule has 0 saturated heterocycles. The summed E-state index contributed by atoms with van der Waals surface area (Å²) in [6.07, 6.45) is 4.72. The van der Waals surface area contributed by atoms with Gasteiger partial charge in [0, 0.05) is 0 Å². The molecule has 1 heterocycles. The van der Waals surface area contributed by atoms with Gasteiger partial charge in [0.25, 0.3) is 0 Å². The summed E-state index contributed by atoms with van der Waals surface area (Å²) in [5, 5.41) is 16.5. The first-order chi connectivity index (χ1) is 10.3. The molecular weight excluding hydrogens is 315 g/mol. The maximum absolute atomic E-state index is 8.25. The molecule has 2 atom stereocenters. The van der Waals surface area contributed by atoms with Gasteiger partial charge >= 0.3 is 113 Å². The molecule has 0 bridgehead atoms. The fraction of sp³-hybridized carbons (Fsp3) is 0.294. The quantitative estimate of drug-likeness (QED) is 0.785. The standard InChI is InChI=1S/C9H7.C6H8P.2CH3O.Ti/c1-2-5-9-7-3-6-8(9)4-1;1-5-3-7-4-6(5)2;2*1-2;/h1-7H;3,7H,1-2H3;2*1H3;/q;;2*-1;+2. The third-order valence-corrected chi connectivity index (χ3v) is 8.32. The van der Waals surface area contributed by atoms with E-state index in [4.69, 9.17) is 10.2 Å². The van der Waals surface area contributed by atoms with Crippen LogP contribution in [-0.4, -0.2) is 14.2 Å². The van der Waals surface area contributed by atoms with Crippen molar-refractivity contribution in [3.63, 3.8) is 0 Å². The van der Waals surface area contributed by atoms with Crippen molar-refractivity contribution >= 4 is 17.9 Å². The van der Waals surface area contributed by atoms with Crippen LogP contribution in [0, 0.1) is 13.8 Å². The van der Waals surface area contributed by atoms with E-state index < -0.39 is 0 Å². The molecule has 2 nitrogen and oxygen atoms in total. The molecule has 0 radical (unpaired) electrons. The van der Waals surface area contributed by atoms with Gasteiger partial charge in [-0.25, -0.2) is 0 Å². The number of rotatable bonds is 2. The third kappa shape index (κ3) is 4.42. The van der Waals surface area contributed by atoms with Crippen molar-refractivity contribution in [3.05, 3.63) is 58.4 Å². The molecule has 0 aliphatic heterocycles. The van der Waals surface area contributed by atoms with Crippen LogP contribution in [0.15, 0.2) is 36.1 Å². The van der Waals surface area contributed by atoms with E-state index in [9.17, 15) is 0 Å². The SMILES string of the molecule is C[O-].C[O-].Cc1c[pH][c]([Ti+2][CH]2C=Cc3ccccc32)c1C. The van der Waals surface area contributed by atoms with Gasteiger partial charge in [-0.05, 0) is 0 Å². The van der Waals surface area contributed by atoms with Crippen LogP contribution in [-0.2, 0) is 19.2 Å². The topological polar surface area (TPSA) is 46.1 Å². The van der Waals surface area contributed by atoms with Crippen molar-refractivity contribution in [2.75, 3.05) is 14.2 Å². The molecule has 3 rings (SSSR count). The van der Waals surface area contributed by atoms with Gasteiger partial charge in [0.2, 0.25) is 0 Å². The van der Waals surface area contributed by atoms with E-state index in [1.165, 1.54) is 11.1 Å². The normalized spacial score (nSPS) is 14.7. The van der Waals surface area contributed by atoms with Crippen molar-refractivity contribution in [3.8, 4) is 0 Å². The van der Waals surface area contributed by atoms with Crippen molar-refractivity contribution in [2.24, 2.45) is 0 Å². The van der Waals surface area contributed by atoms with Crippen LogP contribution in [0.3, 0.4) is 0 Å². The molecule has 1 aliphatic carbocycles. The van der Waals surface area contributed by atoms with Crippen molar-refractivity contribution in [1.29, 1.82) is 0 Å². The molecule has 2 aromatic rings. The summed E-state index contributed by atoms with van der Waals surface area (Å²) < 4.78 is 2.50. The van der Waals surface area contributed by atoms with Crippen molar-refractivity contribution < 1.29 is 29.4 Å². The van der Waals surface area contributed by atoms with E-state index in [0.717, 1.165) is 26.6 Å². The summed E-state index contributed by atoms with van der Waals surface area (Å²) in [5.41, 5.74) is 6.09. The summed E-state index contributed by atoms with van der Waals surface area (Å²) in [4.78, 5) is 0. The Morgan fingerprint density at radius 3 is 2.33 bits per heavy atom. The predicted molar refractivity (Wildman–Crippen MR) is 85.1 cm³/mol. The molecule has 0 amide bonds. The Labute approximate surface area is 137 Å². The van der Waals surface area contributed by atoms with Crippen LogP contribution in [0.1, 0.15) is 26.5 Å². The van der Waals surface area contributed by atoms with Gasteiger partial charge in [-0.2, -0.15) is 14.2 Å². The van der Waals surface area contributed by atoms with E-state index in [2.05, 4.69) is 56.1 Å². The summed E-state index contributed by atoms with van der Waals surface area (Å²) >= 11 is -0.0336. The molecular formula is C17H21O2PTi. The van der Waals surface area contributed by atoms with Gasteiger partial charge in [0.15, 0.2) is 0 Å². The summed E-state index contributed by atoms with van der Waals surface area (Å²) in [5.74, 6) is 2.42. The summed E-state index contributed by atoms with van der Waals surface area (Å²) in [6.45, 7) is 4.55. The molecule has 110 valence electrons. The Morgan fingerprint density at radius 1 is 1.05 bits per heavy atom. The number of aryl methyl sites for hydroxylation is 1. The molecule has 1 aromatic heterocycles. The Hall–Kier alpha value is -0.626. The Morgan fingerprint density at radius 2 is 1.71 bits per heavy atom. The van der Waals surface area contributed by atoms with Gasteiger partial charge in [0.05, 0.1) is 0 Å². The Bertz CT molecular complexity index is 590. The predicted octanol–water partition coefficient (Wildman–Crippen LogP) is 1.76. The first-order valence-corrected chi connectivity index (χ1v) is 9.51. The second kappa shape index (κ2) is 9.40. The van der Waals surface area contributed by atoms with Crippen LogP contribution in [0.25, 0.3) is 6.08 Å². The number of fused-ring (bicyclic) bond motifs is 1. The maximum atomic E-state index is 8.25. The van der Waals surface area contributed by atoms with Gasteiger partial charge in [-0.15, -0.1) is 0 Å². The van der Waals surface area contributed by atoms with Gasteiger partial charge < -0.3 is 10.2 Å².